The molecule has 0 spiro atoms. The summed E-state index contributed by atoms with van der Waals surface area (Å²) in [6.07, 6.45) is 3.90. The van der Waals surface area contributed by atoms with Crippen LogP contribution in [-0.4, -0.2) is 41.6 Å². The molecule has 1 N–H and O–H groups in total. The number of hydrazone groups is 1. The van der Waals surface area contributed by atoms with Gasteiger partial charge in [0, 0.05) is 13.1 Å². The Morgan fingerprint density at radius 2 is 1.91 bits per heavy atom. The second-order valence-corrected chi connectivity index (χ2v) is 7.45. The number of amides is 1. The number of rotatable bonds is 7. The molecular formula is C24H24N6O2. The lowest BCUT2D eigenvalue weighted by molar-refractivity contribution is -0.123. The lowest BCUT2D eigenvalue weighted by atomic mass is 10.2. The normalized spacial score (nSPS) is 13.3. The number of aromatic nitrogens is 2. The van der Waals surface area contributed by atoms with Crippen molar-refractivity contribution in [2.75, 3.05) is 24.6 Å². The average Bonchev–Trinajstić information content (AvgIpc) is 3.46. The standard InChI is InChI=1S/C24H24N6O2/c1-18-21(16-26-27-23(31)17-32-22-12-6-5-9-19(22)15-25)24(29-13-7-8-14-29)30(28-18)20-10-3-2-4-11-20/h2-6,9-12,16H,7-8,13-14,17H2,1H3,(H,27,31)/b26-16+. The number of hydrogen-bond acceptors (Lipinski definition) is 6. The SMILES string of the molecule is Cc1nn(-c2ccccc2)c(N2CCCC2)c1/C=N/NC(=O)COc1ccccc1C#N. The van der Waals surface area contributed by atoms with Gasteiger partial charge < -0.3 is 9.64 Å². The highest BCUT2D eigenvalue weighted by Gasteiger charge is 2.23. The van der Waals surface area contributed by atoms with E-state index < -0.39 is 5.91 Å². The van der Waals surface area contributed by atoms with Crippen molar-refractivity contribution in [3.05, 3.63) is 71.4 Å². The fraction of sp³-hybridized carbons (Fsp3) is 0.250. The predicted molar refractivity (Wildman–Crippen MR) is 122 cm³/mol. The Morgan fingerprint density at radius 3 is 2.66 bits per heavy atom. The van der Waals surface area contributed by atoms with Crippen LogP contribution < -0.4 is 15.1 Å². The minimum absolute atomic E-state index is 0.239. The number of anilines is 1. The molecule has 0 atom stereocenters. The van der Waals surface area contributed by atoms with E-state index in [1.54, 1.807) is 30.5 Å². The first-order valence-electron chi connectivity index (χ1n) is 10.5. The number of nitriles is 1. The van der Waals surface area contributed by atoms with Crippen molar-refractivity contribution in [2.24, 2.45) is 5.10 Å². The maximum atomic E-state index is 12.2. The molecule has 32 heavy (non-hydrogen) atoms. The van der Waals surface area contributed by atoms with Crippen molar-refractivity contribution in [3.63, 3.8) is 0 Å². The van der Waals surface area contributed by atoms with Crippen LogP contribution in [0.2, 0.25) is 0 Å². The zero-order valence-electron chi connectivity index (χ0n) is 17.9. The Morgan fingerprint density at radius 1 is 1.19 bits per heavy atom. The van der Waals surface area contributed by atoms with Crippen LogP contribution in [0.1, 0.15) is 29.7 Å². The molecule has 1 aromatic heterocycles. The Hall–Kier alpha value is -4.12. The van der Waals surface area contributed by atoms with Crippen molar-refractivity contribution < 1.29 is 9.53 Å². The monoisotopic (exact) mass is 428 g/mol. The molecule has 3 aromatic rings. The highest BCUT2D eigenvalue weighted by molar-refractivity contribution is 5.90. The summed E-state index contributed by atoms with van der Waals surface area (Å²) >= 11 is 0. The Kier molecular flexibility index (Phi) is 6.46. The van der Waals surface area contributed by atoms with Gasteiger partial charge in [0.1, 0.15) is 17.6 Å². The van der Waals surface area contributed by atoms with Crippen LogP contribution in [0.5, 0.6) is 5.75 Å². The minimum atomic E-state index is -0.412. The molecule has 8 nitrogen and oxygen atoms in total. The molecular weight excluding hydrogens is 404 g/mol. The van der Waals surface area contributed by atoms with Gasteiger partial charge in [-0.2, -0.15) is 15.5 Å². The summed E-state index contributed by atoms with van der Waals surface area (Å²) in [5, 5.41) is 18.0. The Balaban J connectivity index is 1.49. The van der Waals surface area contributed by atoms with Gasteiger partial charge in [-0.1, -0.05) is 30.3 Å². The number of benzene rings is 2. The molecule has 2 heterocycles. The second kappa shape index (κ2) is 9.79. The first-order valence-corrected chi connectivity index (χ1v) is 10.5. The molecule has 1 saturated heterocycles. The van der Waals surface area contributed by atoms with E-state index >= 15 is 0 Å². The van der Waals surface area contributed by atoms with E-state index in [0.717, 1.165) is 48.7 Å². The quantitative estimate of drug-likeness (QED) is 0.461. The lowest BCUT2D eigenvalue weighted by Crippen LogP contribution is -2.25. The van der Waals surface area contributed by atoms with Crippen molar-refractivity contribution in [2.45, 2.75) is 19.8 Å². The lowest BCUT2D eigenvalue weighted by Gasteiger charge is -2.20. The van der Waals surface area contributed by atoms with Crippen molar-refractivity contribution in [1.82, 2.24) is 15.2 Å². The van der Waals surface area contributed by atoms with Crippen LogP contribution in [0, 0.1) is 18.3 Å². The van der Waals surface area contributed by atoms with Gasteiger partial charge >= 0.3 is 0 Å². The van der Waals surface area contributed by atoms with Crippen LogP contribution in [-0.2, 0) is 4.79 Å². The molecule has 1 fully saturated rings. The molecule has 0 saturated carbocycles. The van der Waals surface area contributed by atoms with Crippen LogP contribution in [0.15, 0.2) is 59.7 Å². The average molecular weight is 428 g/mol. The summed E-state index contributed by atoms with van der Waals surface area (Å²) in [5.41, 5.74) is 5.55. The third-order valence-corrected chi connectivity index (χ3v) is 5.24. The molecule has 0 bridgehead atoms. The minimum Gasteiger partial charge on any atom is -0.482 e. The number of aryl methyl sites for hydroxylation is 1. The van der Waals surface area contributed by atoms with Gasteiger partial charge in [-0.3, -0.25) is 4.79 Å². The third-order valence-electron chi connectivity index (χ3n) is 5.24. The largest absolute Gasteiger partial charge is 0.482 e. The van der Waals surface area contributed by atoms with E-state index in [9.17, 15) is 4.79 Å². The number of nitrogens with zero attached hydrogens (tertiary/aromatic N) is 5. The summed E-state index contributed by atoms with van der Waals surface area (Å²) in [6.45, 7) is 3.61. The number of ether oxygens (including phenoxy) is 1. The maximum absolute atomic E-state index is 12.2. The zero-order valence-corrected chi connectivity index (χ0v) is 17.9. The van der Waals surface area contributed by atoms with Gasteiger partial charge in [0.15, 0.2) is 6.61 Å². The molecule has 1 amide bonds. The van der Waals surface area contributed by atoms with E-state index in [1.807, 2.05) is 48.0 Å². The van der Waals surface area contributed by atoms with Crippen molar-refractivity contribution in [3.8, 4) is 17.5 Å². The highest BCUT2D eigenvalue weighted by Crippen LogP contribution is 2.29. The fourth-order valence-electron chi connectivity index (χ4n) is 3.69. The molecule has 0 aliphatic carbocycles. The first-order chi connectivity index (χ1) is 15.7. The van der Waals surface area contributed by atoms with Gasteiger partial charge in [0.2, 0.25) is 0 Å². The number of para-hydroxylation sites is 2. The summed E-state index contributed by atoms with van der Waals surface area (Å²) in [5.74, 6) is 0.929. The molecule has 4 rings (SSSR count). The van der Waals surface area contributed by atoms with Crippen LogP contribution in [0.3, 0.4) is 0 Å². The van der Waals surface area contributed by atoms with Gasteiger partial charge in [0.05, 0.1) is 28.7 Å². The molecule has 1 aliphatic rings. The van der Waals surface area contributed by atoms with Gasteiger partial charge in [-0.25, -0.2) is 10.1 Å². The van der Waals surface area contributed by atoms with E-state index in [0.29, 0.717) is 11.3 Å². The molecule has 0 radical (unpaired) electrons. The Bertz CT molecular complexity index is 1160. The number of carbonyl (C=O) groups is 1. The summed E-state index contributed by atoms with van der Waals surface area (Å²) in [6, 6.07) is 18.8. The van der Waals surface area contributed by atoms with E-state index in [-0.39, 0.29) is 6.61 Å². The first kappa shape index (κ1) is 21.1. The smallest absolute Gasteiger partial charge is 0.277 e. The van der Waals surface area contributed by atoms with Gasteiger partial charge in [-0.05, 0) is 44.0 Å². The topological polar surface area (TPSA) is 95.5 Å². The second-order valence-electron chi connectivity index (χ2n) is 7.45. The number of hydrogen-bond donors (Lipinski definition) is 1. The summed E-state index contributed by atoms with van der Waals surface area (Å²) in [7, 11) is 0. The molecule has 162 valence electrons. The summed E-state index contributed by atoms with van der Waals surface area (Å²) < 4.78 is 7.39. The van der Waals surface area contributed by atoms with Crippen LogP contribution >= 0.6 is 0 Å². The fourth-order valence-corrected chi connectivity index (χ4v) is 3.69. The van der Waals surface area contributed by atoms with E-state index in [2.05, 4.69) is 15.4 Å². The maximum Gasteiger partial charge on any atom is 0.277 e. The highest BCUT2D eigenvalue weighted by atomic mass is 16.5. The van der Waals surface area contributed by atoms with Gasteiger partial charge in [0.25, 0.3) is 5.91 Å². The molecule has 0 unspecified atom stereocenters. The molecule has 2 aromatic carbocycles. The van der Waals surface area contributed by atoms with Crippen molar-refractivity contribution in [1.29, 1.82) is 5.26 Å². The Labute approximate surface area is 186 Å². The van der Waals surface area contributed by atoms with Crippen molar-refractivity contribution >= 4 is 17.9 Å². The number of nitrogens with one attached hydrogen (secondary N) is 1. The number of carbonyl (C=O) groups excluding carboxylic acids is 1. The van der Waals surface area contributed by atoms with Crippen LogP contribution in [0.4, 0.5) is 5.82 Å². The van der Waals surface area contributed by atoms with E-state index in [4.69, 9.17) is 15.1 Å². The molecule has 1 aliphatic heterocycles. The predicted octanol–water partition coefficient (Wildman–Crippen LogP) is 3.18. The third kappa shape index (κ3) is 4.62. The summed E-state index contributed by atoms with van der Waals surface area (Å²) in [4.78, 5) is 14.5. The van der Waals surface area contributed by atoms with Gasteiger partial charge in [-0.15, -0.1) is 0 Å². The molecule has 8 heteroatoms. The zero-order chi connectivity index (χ0) is 22.3. The van der Waals surface area contributed by atoms with Crippen LogP contribution in [0.25, 0.3) is 5.69 Å². The van der Waals surface area contributed by atoms with E-state index in [1.165, 1.54) is 0 Å².